The van der Waals surface area contributed by atoms with Gasteiger partial charge in [-0.2, -0.15) is 0 Å². The third-order valence-corrected chi connectivity index (χ3v) is 9.31. The summed E-state index contributed by atoms with van der Waals surface area (Å²) in [7, 11) is 0. The zero-order valence-corrected chi connectivity index (χ0v) is 28.6. The minimum absolute atomic E-state index is 0.281. The van der Waals surface area contributed by atoms with Crippen LogP contribution in [0.5, 0.6) is 5.75 Å². The molecule has 3 heterocycles. The van der Waals surface area contributed by atoms with Crippen LogP contribution in [-0.2, 0) is 10.4 Å². The van der Waals surface area contributed by atoms with Crippen LogP contribution in [0.2, 0.25) is 0 Å². The van der Waals surface area contributed by atoms with Gasteiger partial charge in [-0.3, -0.25) is 15.0 Å². The Morgan fingerprint density at radius 1 is 0.472 bits per heavy atom. The summed E-state index contributed by atoms with van der Waals surface area (Å²) < 4.78 is 6.50. The first kappa shape index (κ1) is 33.1. The minimum atomic E-state index is -2.11. The quantitative estimate of drug-likeness (QED) is 0.120. The molecular formula is C47H33N3O3. The van der Waals surface area contributed by atoms with Crippen molar-refractivity contribution < 1.29 is 14.6 Å². The maximum atomic E-state index is 14.7. The monoisotopic (exact) mass is 687 g/mol. The number of nitrogens with zero attached hydrogens (tertiary/aromatic N) is 3. The molecule has 53 heavy (non-hydrogen) atoms. The van der Waals surface area contributed by atoms with Crippen LogP contribution < -0.4 is 4.74 Å². The highest BCUT2D eigenvalue weighted by Crippen LogP contribution is 2.44. The van der Waals surface area contributed by atoms with Gasteiger partial charge in [-0.15, -0.1) is 0 Å². The van der Waals surface area contributed by atoms with Gasteiger partial charge in [0.2, 0.25) is 5.60 Å². The normalized spacial score (nSPS) is 11.2. The molecule has 0 aliphatic heterocycles. The van der Waals surface area contributed by atoms with Crippen LogP contribution in [0.4, 0.5) is 0 Å². The van der Waals surface area contributed by atoms with E-state index in [-0.39, 0.29) is 5.75 Å². The van der Waals surface area contributed by atoms with Gasteiger partial charge < -0.3 is 9.84 Å². The molecule has 8 rings (SSSR count). The molecule has 6 heteroatoms. The summed E-state index contributed by atoms with van der Waals surface area (Å²) in [6.45, 7) is 0. The Bertz CT molecular complexity index is 2420. The average Bonchev–Trinajstić information content (AvgIpc) is 3.25. The Morgan fingerprint density at radius 2 is 0.962 bits per heavy atom. The third kappa shape index (κ3) is 6.75. The molecule has 3 aromatic heterocycles. The lowest BCUT2D eigenvalue weighted by Gasteiger charge is -2.28. The molecular weight excluding hydrogens is 655 g/mol. The van der Waals surface area contributed by atoms with E-state index in [9.17, 15) is 9.90 Å². The maximum absolute atomic E-state index is 14.7. The van der Waals surface area contributed by atoms with E-state index < -0.39 is 11.6 Å². The molecule has 1 N–H and O–H groups in total. The average molecular weight is 688 g/mol. The summed E-state index contributed by atoms with van der Waals surface area (Å²) in [5.41, 5.74) is 7.28. The Labute approximate surface area is 307 Å². The van der Waals surface area contributed by atoms with Crippen molar-refractivity contribution in [2.24, 2.45) is 0 Å². The molecule has 0 saturated carbocycles. The van der Waals surface area contributed by atoms with Gasteiger partial charge in [-0.25, -0.2) is 4.79 Å². The summed E-state index contributed by atoms with van der Waals surface area (Å²) in [5, 5.41) is 12.4. The first-order valence-corrected chi connectivity index (χ1v) is 17.2. The largest absolute Gasteiger partial charge is 0.422 e. The van der Waals surface area contributed by atoms with Gasteiger partial charge in [0.15, 0.2) is 0 Å². The molecule has 6 nitrogen and oxygen atoms in total. The molecule has 254 valence electrons. The number of aromatic nitrogens is 3. The molecule has 0 unspecified atom stereocenters. The molecule has 8 aromatic rings. The van der Waals surface area contributed by atoms with Gasteiger partial charge in [0.25, 0.3) is 0 Å². The standard InChI is InChI=1S/C47H33N3O3/c51-46(47(52,40-13-3-1-4-14-40)41-15-5-2-6-16-41)53-45-42(36-24-22-34(23-25-36)38-12-10-27-49-32-38)29-39(30-43(45)44-17-7-8-28-50-44)35-20-18-33(19-21-35)37-11-9-26-48-31-37/h1-32,52H. The van der Waals surface area contributed by atoms with Crippen molar-refractivity contribution in [3.63, 3.8) is 0 Å². The Morgan fingerprint density at radius 3 is 1.45 bits per heavy atom. The second kappa shape index (κ2) is 14.7. The minimum Gasteiger partial charge on any atom is -0.422 e. The molecule has 0 atom stereocenters. The van der Waals surface area contributed by atoms with Gasteiger partial charge >= 0.3 is 5.97 Å². The molecule has 0 aliphatic carbocycles. The van der Waals surface area contributed by atoms with Crippen molar-refractivity contribution in [1.82, 2.24) is 15.0 Å². The number of aliphatic hydroxyl groups is 1. The summed E-state index contributed by atoms with van der Waals surface area (Å²) in [6.07, 6.45) is 8.89. The smallest absolute Gasteiger partial charge is 0.353 e. The number of rotatable bonds is 9. The molecule has 5 aromatic carbocycles. The predicted molar refractivity (Wildman–Crippen MR) is 209 cm³/mol. The van der Waals surface area contributed by atoms with E-state index >= 15 is 0 Å². The first-order valence-electron chi connectivity index (χ1n) is 17.2. The summed E-state index contributed by atoms with van der Waals surface area (Å²) in [4.78, 5) is 27.9. The van der Waals surface area contributed by atoms with Gasteiger partial charge in [-0.05, 0) is 86.5 Å². The van der Waals surface area contributed by atoms with Crippen LogP contribution in [-0.4, -0.2) is 26.0 Å². The molecule has 0 amide bonds. The van der Waals surface area contributed by atoms with Crippen molar-refractivity contribution in [3.05, 3.63) is 206 Å². The fourth-order valence-corrected chi connectivity index (χ4v) is 6.52. The number of carbonyl (C=O) groups excluding carboxylic acids is 1. The lowest BCUT2D eigenvalue weighted by molar-refractivity contribution is -0.151. The molecule has 0 bridgehead atoms. The molecule has 0 saturated heterocycles. The van der Waals surface area contributed by atoms with Crippen LogP contribution in [0.15, 0.2) is 195 Å². The van der Waals surface area contributed by atoms with Crippen molar-refractivity contribution in [2.75, 3.05) is 0 Å². The lowest BCUT2D eigenvalue weighted by Crippen LogP contribution is -2.40. The van der Waals surface area contributed by atoms with Crippen LogP contribution in [0, 0.1) is 0 Å². The van der Waals surface area contributed by atoms with Crippen LogP contribution >= 0.6 is 0 Å². The van der Waals surface area contributed by atoms with Gasteiger partial charge in [0.05, 0.1) is 5.69 Å². The topological polar surface area (TPSA) is 85.2 Å². The summed E-state index contributed by atoms with van der Waals surface area (Å²) >= 11 is 0. The van der Waals surface area contributed by atoms with Crippen molar-refractivity contribution >= 4 is 5.97 Å². The number of pyridine rings is 3. The zero-order chi connectivity index (χ0) is 36.0. The SMILES string of the molecule is O=C(Oc1c(-c2ccc(-c3cccnc3)cc2)cc(-c2ccc(-c3cccnc3)cc2)cc1-c1ccccn1)C(O)(c1ccccc1)c1ccccc1. The Hall–Kier alpha value is -7.02. The number of hydrogen-bond donors (Lipinski definition) is 1. The molecule has 0 radical (unpaired) electrons. The van der Waals surface area contributed by atoms with Gasteiger partial charge in [0.1, 0.15) is 5.75 Å². The number of esters is 1. The van der Waals surface area contributed by atoms with E-state index in [0.29, 0.717) is 27.9 Å². The Balaban J connectivity index is 1.31. The van der Waals surface area contributed by atoms with Crippen molar-refractivity contribution in [3.8, 4) is 61.5 Å². The third-order valence-electron chi connectivity index (χ3n) is 9.31. The second-order valence-electron chi connectivity index (χ2n) is 12.6. The van der Waals surface area contributed by atoms with Crippen molar-refractivity contribution in [2.45, 2.75) is 5.60 Å². The van der Waals surface area contributed by atoms with E-state index in [1.54, 1.807) is 67.1 Å². The lowest BCUT2D eigenvalue weighted by atomic mass is 9.86. The summed E-state index contributed by atoms with van der Waals surface area (Å²) in [5.74, 6) is -0.558. The number of hydrogen-bond acceptors (Lipinski definition) is 6. The first-order chi connectivity index (χ1) is 26.1. The van der Waals surface area contributed by atoms with Crippen LogP contribution in [0.3, 0.4) is 0 Å². The van der Waals surface area contributed by atoms with E-state index in [1.165, 1.54) is 0 Å². The number of carbonyl (C=O) groups is 1. The summed E-state index contributed by atoms with van der Waals surface area (Å²) in [6, 6.07) is 51.6. The van der Waals surface area contributed by atoms with Crippen molar-refractivity contribution in [1.29, 1.82) is 0 Å². The highest BCUT2D eigenvalue weighted by molar-refractivity contribution is 5.94. The van der Waals surface area contributed by atoms with Crippen LogP contribution in [0.25, 0.3) is 55.8 Å². The predicted octanol–water partition coefficient (Wildman–Crippen LogP) is 10.0. The van der Waals surface area contributed by atoms with E-state index in [2.05, 4.69) is 34.2 Å². The molecule has 0 spiro atoms. The van der Waals surface area contributed by atoms with E-state index in [1.807, 2.05) is 103 Å². The highest BCUT2D eigenvalue weighted by Gasteiger charge is 2.42. The molecule has 0 fully saturated rings. The highest BCUT2D eigenvalue weighted by atomic mass is 16.6. The number of ether oxygens (including phenoxy) is 1. The van der Waals surface area contributed by atoms with E-state index in [0.717, 1.165) is 38.9 Å². The fourth-order valence-electron chi connectivity index (χ4n) is 6.52. The molecule has 0 aliphatic rings. The van der Waals surface area contributed by atoms with Gasteiger partial charge in [0, 0.05) is 42.1 Å². The second-order valence-corrected chi connectivity index (χ2v) is 12.6. The maximum Gasteiger partial charge on any atom is 0.353 e. The van der Waals surface area contributed by atoms with E-state index in [4.69, 9.17) is 9.72 Å². The van der Waals surface area contributed by atoms with Crippen LogP contribution in [0.1, 0.15) is 11.1 Å². The number of benzene rings is 5. The zero-order valence-electron chi connectivity index (χ0n) is 28.6. The fraction of sp³-hybridized carbons (Fsp3) is 0.0213. The Kier molecular flexibility index (Phi) is 9.18. The van der Waals surface area contributed by atoms with Gasteiger partial charge in [-0.1, -0.05) is 127 Å².